The highest BCUT2D eigenvalue weighted by molar-refractivity contribution is 5.95. The monoisotopic (exact) mass is 300 g/mol. The average molecular weight is 300 g/mol. The summed E-state index contributed by atoms with van der Waals surface area (Å²) in [7, 11) is 3.53. The van der Waals surface area contributed by atoms with Crippen molar-refractivity contribution in [3.05, 3.63) is 0 Å². The van der Waals surface area contributed by atoms with Crippen LogP contribution in [-0.2, 0) is 9.53 Å². The molecule has 1 fully saturated rings. The second-order valence-corrected chi connectivity index (χ2v) is 5.41. The van der Waals surface area contributed by atoms with Gasteiger partial charge in [0.2, 0.25) is 5.91 Å². The zero-order valence-corrected chi connectivity index (χ0v) is 13.1. The largest absolute Gasteiger partial charge is 0.383 e. The summed E-state index contributed by atoms with van der Waals surface area (Å²) in [5, 5.41) is 8.07. The molecule has 0 unspecified atom stereocenters. The van der Waals surface area contributed by atoms with Crippen molar-refractivity contribution in [1.29, 1.82) is 0 Å². The molecule has 0 bridgehead atoms. The molecule has 0 radical (unpaired) electrons. The third-order valence-electron chi connectivity index (χ3n) is 3.72. The maximum absolute atomic E-state index is 11.8. The molecule has 7 nitrogen and oxygen atoms in total. The number of carbonyl (C=O) groups is 2. The number of likely N-dealkylation sites (tertiary alicyclic amines) is 1. The molecule has 1 rings (SSSR count). The van der Waals surface area contributed by atoms with Crippen LogP contribution in [0.5, 0.6) is 0 Å². The van der Waals surface area contributed by atoms with Crippen LogP contribution in [0.3, 0.4) is 0 Å². The Morgan fingerprint density at radius 3 is 2.57 bits per heavy atom. The van der Waals surface area contributed by atoms with Gasteiger partial charge in [0.25, 0.3) is 0 Å². The molecule has 0 atom stereocenters. The number of nitrogens with one attached hydrogen (secondary N) is 3. The van der Waals surface area contributed by atoms with E-state index in [-0.39, 0.29) is 12.5 Å². The fourth-order valence-electron chi connectivity index (χ4n) is 2.46. The van der Waals surface area contributed by atoms with Crippen molar-refractivity contribution in [2.75, 3.05) is 53.5 Å². The van der Waals surface area contributed by atoms with Crippen molar-refractivity contribution >= 4 is 11.9 Å². The molecule has 1 aliphatic rings. The van der Waals surface area contributed by atoms with E-state index in [4.69, 9.17) is 4.74 Å². The van der Waals surface area contributed by atoms with Crippen LogP contribution in [0.25, 0.3) is 0 Å². The summed E-state index contributed by atoms with van der Waals surface area (Å²) in [6, 6.07) is -0.457. The van der Waals surface area contributed by atoms with Crippen molar-refractivity contribution in [2.24, 2.45) is 5.92 Å². The minimum Gasteiger partial charge on any atom is -0.383 e. The Kier molecular flexibility index (Phi) is 8.96. The fourth-order valence-corrected chi connectivity index (χ4v) is 2.46. The van der Waals surface area contributed by atoms with E-state index in [2.05, 4.69) is 20.9 Å². The molecule has 0 saturated carbocycles. The maximum Gasteiger partial charge on any atom is 0.321 e. The number of methoxy groups -OCH3 is 1. The molecule has 0 aromatic carbocycles. The van der Waals surface area contributed by atoms with Crippen molar-refractivity contribution in [1.82, 2.24) is 20.9 Å². The summed E-state index contributed by atoms with van der Waals surface area (Å²) in [5.41, 5.74) is 0. The number of hydrogen-bond donors (Lipinski definition) is 3. The summed E-state index contributed by atoms with van der Waals surface area (Å²) >= 11 is 0. The van der Waals surface area contributed by atoms with Crippen LogP contribution in [0.4, 0.5) is 4.79 Å². The van der Waals surface area contributed by atoms with Gasteiger partial charge >= 0.3 is 6.03 Å². The Labute approximate surface area is 126 Å². The second kappa shape index (κ2) is 10.5. The van der Waals surface area contributed by atoms with E-state index in [1.165, 1.54) is 6.42 Å². The van der Waals surface area contributed by atoms with E-state index in [1.54, 1.807) is 7.11 Å². The van der Waals surface area contributed by atoms with E-state index in [0.717, 1.165) is 38.4 Å². The molecule has 0 aromatic heterocycles. The molecular formula is C14H28N4O3. The van der Waals surface area contributed by atoms with Crippen molar-refractivity contribution in [3.63, 3.8) is 0 Å². The highest BCUT2D eigenvalue weighted by atomic mass is 16.5. The van der Waals surface area contributed by atoms with Crippen molar-refractivity contribution in [2.45, 2.75) is 19.3 Å². The molecule has 1 saturated heterocycles. The highest BCUT2D eigenvalue weighted by Crippen LogP contribution is 2.19. The van der Waals surface area contributed by atoms with Crippen LogP contribution >= 0.6 is 0 Å². The Bertz CT molecular complexity index is 317. The van der Waals surface area contributed by atoms with Gasteiger partial charge in [-0.3, -0.25) is 15.0 Å². The molecular weight excluding hydrogens is 272 g/mol. The van der Waals surface area contributed by atoms with E-state index in [1.807, 2.05) is 7.05 Å². The Morgan fingerprint density at radius 1 is 1.24 bits per heavy atom. The van der Waals surface area contributed by atoms with Crippen molar-refractivity contribution < 1.29 is 14.3 Å². The van der Waals surface area contributed by atoms with Gasteiger partial charge in [0.1, 0.15) is 0 Å². The number of hydrogen-bond acceptors (Lipinski definition) is 5. The zero-order chi connectivity index (χ0) is 15.5. The first-order chi connectivity index (χ1) is 10.2. The lowest BCUT2D eigenvalue weighted by atomic mass is 9.93. The molecule has 1 aliphatic heterocycles. The van der Waals surface area contributed by atoms with Gasteiger partial charge in [0, 0.05) is 13.7 Å². The zero-order valence-electron chi connectivity index (χ0n) is 13.1. The van der Waals surface area contributed by atoms with E-state index < -0.39 is 6.03 Å². The normalized spacial score (nSPS) is 16.7. The minimum atomic E-state index is -0.457. The lowest BCUT2D eigenvalue weighted by molar-refractivity contribution is -0.121. The number of carbonyl (C=O) groups excluding carboxylic acids is 2. The lowest BCUT2D eigenvalue weighted by Gasteiger charge is -2.31. The van der Waals surface area contributed by atoms with Crippen LogP contribution in [0, 0.1) is 5.92 Å². The van der Waals surface area contributed by atoms with Gasteiger partial charge in [0.05, 0.1) is 13.2 Å². The van der Waals surface area contributed by atoms with Gasteiger partial charge in [0.15, 0.2) is 0 Å². The van der Waals surface area contributed by atoms with Gasteiger partial charge in [-0.25, -0.2) is 4.79 Å². The first-order valence-corrected chi connectivity index (χ1v) is 7.59. The summed E-state index contributed by atoms with van der Waals surface area (Å²) < 4.78 is 4.82. The number of piperidine rings is 1. The van der Waals surface area contributed by atoms with Gasteiger partial charge in [-0.15, -0.1) is 0 Å². The first kappa shape index (κ1) is 17.9. The highest BCUT2D eigenvalue weighted by Gasteiger charge is 2.20. The summed E-state index contributed by atoms with van der Waals surface area (Å²) in [6.07, 6.45) is 3.43. The second-order valence-electron chi connectivity index (χ2n) is 5.41. The summed E-state index contributed by atoms with van der Waals surface area (Å²) in [4.78, 5) is 25.3. The van der Waals surface area contributed by atoms with E-state index >= 15 is 0 Å². The van der Waals surface area contributed by atoms with Crippen molar-refractivity contribution in [3.8, 4) is 0 Å². The van der Waals surface area contributed by atoms with Crippen LogP contribution < -0.4 is 16.0 Å². The molecule has 0 spiro atoms. The number of ether oxygens (including phenoxy) is 1. The molecule has 3 N–H and O–H groups in total. The molecule has 0 aliphatic carbocycles. The van der Waals surface area contributed by atoms with Gasteiger partial charge in [-0.2, -0.15) is 0 Å². The van der Waals surface area contributed by atoms with Crippen LogP contribution in [0.1, 0.15) is 19.3 Å². The predicted octanol–water partition coefficient (Wildman–Crippen LogP) is -0.220. The van der Waals surface area contributed by atoms with E-state index in [9.17, 15) is 9.59 Å². The Morgan fingerprint density at radius 2 is 1.95 bits per heavy atom. The smallest absolute Gasteiger partial charge is 0.321 e. The Hall–Kier alpha value is -1.18. The SMILES string of the molecule is CNCCC1CCN(CC(=O)NC(=O)NCCOC)CC1. The lowest BCUT2D eigenvalue weighted by Crippen LogP contribution is -2.46. The van der Waals surface area contributed by atoms with Gasteiger partial charge < -0.3 is 15.4 Å². The molecule has 3 amide bonds. The number of imide groups is 1. The third kappa shape index (κ3) is 7.99. The fraction of sp³-hybridized carbons (Fsp3) is 0.857. The molecule has 1 heterocycles. The average Bonchev–Trinajstić information content (AvgIpc) is 2.46. The van der Waals surface area contributed by atoms with Crippen LogP contribution in [0.2, 0.25) is 0 Å². The number of rotatable bonds is 8. The number of amides is 3. The molecule has 7 heteroatoms. The maximum atomic E-state index is 11.8. The van der Waals surface area contributed by atoms with Crippen LogP contribution in [-0.4, -0.2) is 70.3 Å². The molecule has 122 valence electrons. The third-order valence-corrected chi connectivity index (χ3v) is 3.72. The quantitative estimate of drug-likeness (QED) is 0.540. The standard InChI is InChI=1S/C14H28N4O3/c1-15-6-3-12-4-8-18(9-5-12)11-13(19)17-14(20)16-7-10-21-2/h12,15H,3-11H2,1-2H3,(H2,16,17,19,20). The first-order valence-electron chi connectivity index (χ1n) is 7.59. The van der Waals surface area contributed by atoms with Crippen LogP contribution in [0.15, 0.2) is 0 Å². The minimum absolute atomic E-state index is 0.251. The Balaban J connectivity index is 2.14. The van der Waals surface area contributed by atoms with Gasteiger partial charge in [-0.05, 0) is 51.9 Å². The number of urea groups is 1. The summed E-state index contributed by atoms with van der Waals surface area (Å²) in [6.45, 7) is 4.01. The molecule has 21 heavy (non-hydrogen) atoms. The van der Waals surface area contributed by atoms with E-state index in [0.29, 0.717) is 13.2 Å². The molecule has 0 aromatic rings. The van der Waals surface area contributed by atoms with Gasteiger partial charge in [-0.1, -0.05) is 0 Å². The number of nitrogens with zero attached hydrogens (tertiary/aromatic N) is 1. The summed E-state index contributed by atoms with van der Waals surface area (Å²) in [5.74, 6) is 0.493. The topological polar surface area (TPSA) is 82.7 Å². The predicted molar refractivity (Wildman–Crippen MR) is 81.1 cm³/mol.